The number of fused-ring (bicyclic) bond motifs is 3. The van der Waals surface area contributed by atoms with Gasteiger partial charge in [0.05, 0.1) is 24.2 Å². The van der Waals surface area contributed by atoms with E-state index in [1.54, 1.807) is 17.6 Å². The molecule has 3 aromatic heterocycles. The molecule has 0 aliphatic carbocycles. The molecule has 100 valence electrons. The first-order chi connectivity index (χ1) is 9.81. The van der Waals surface area contributed by atoms with E-state index in [1.165, 1.54) is 15.8 Å². The van der Waals surface area contributed by atoms with Gasteiger partial charge >= 0.3 is 0 Å². The Morgan fingerprint density at radius 2 is 2.30 bits per heavy atom. The summed E-state index contributed by atoms with van der Waals surface area (Å²) in [5.74, 6) is 1.87. The summed E-state index contributed by atoms with van der Waals surface area (Å²) in [7, 11) is 0. The number of furan rings is 1. The fourth-order valence-corrected chi connectivity index (χ4v) is 3.63. The Hall–Kier alpha value is -2.14. The first-order valence-corrected chi connectivity index (χ1v) is 7.33. The van der Waals surface area contributed by atoms with Crippen LogP contribution in [-0.4, -0.2) is 10.8 Å². The zero-order chi connectivity index (χ0) is 13.5. The van der Waals surface area contributed by atoms with Gasteiger partial charge in [0.2, 0.25) is 0 Å². The van der Waals surface area contributed by atoms with Crippen LogP contribution >= 0.6 is 11.3 Å². The third kappa shape index (κ3) is 1.82. The quantitative estimate of drug-likeness (QED) is 0.785. The fraction of sp³-hybridized carbons (Fsp3) is 0.200. The van der Waals surface area contributed by atoms with Crippen molar-refractivity contribution in [1.82, 2.24) is 10.3 Å². The Morgan fingerprint density at radius 1 is 1.35 bits per heavy atom. The van der Waals surface area contributed by atoms with E-state index >= 15 is 0 Å². The van der Waals surface area contributed by atoms with Crippen molar-refractivity contribution in [3.05, 3.63) is 52.4 Å². The second-order valence-electron chi connectivity index (χ2n) is 4.81. The number of aliphatic imine (C=N–C) groups is 1. The van der Waals surface area contributed by atoms with Gasteiger partial charge in [-0.1, -0.05) is 0 Å². The minimum atomic E-state index is 0.659. The summed E-state index contributed by atoms with van der Waals surface area (Å²) in [4.78, 5) is 11.5. The van der Waals surface area contributed by atoms with Crippen molar-refractivity contribution < 1.29 is 4.42 Å². The largest absolute Gasteiger partial charge is 0.467 e. The molecule has 4 heterocycles. The van der Waals surface area contributed by atoms with Crippen LogP contribution in [0.1, 0.15) is 21.9 Å². The average molecular weight is 283 g/mol. The minimum absolute atomic E-state index is 0.659. The number of thiophene rings is 1. The lowest BCUT2D eigenvalue weighted by Crippen LogP contribution is -2.21. The summed E-state index contributed by atoms with van der Waals surface area (Å²) in [6, 6.07) is 8.06. The number of nitrogens with one attached hydrogen (secondary N) is 1. The van der Waals surface area contributed by atoms with E-state index < -0.39 is 0 Å². The molecule has 0 atom stereocenters. The lowest BCUT2D eigenvalue weighted by atomic mass is 10.2. The maximum atomic E-state index is 5.33. The third-order valence-corrected chi connectivity index (χ3v) is 4.57. The number of hydrogen-bond donors (Lipinski definition) is 1. The second-order valence-corrected chi connectivity index (χ2v) is 5.81. The maximum absolute atomic E-state index is 5.33. The lowest BCUT2D eigenvalue weighted by Gasteiger charge is -2.02. The van der Waals surface area contributed by atoms with Gasteiger partial charge in [0.15, 0.2) is 0 Å². The molecule has 0 saturated heterocycles. The van der Waals surface area contributed by atoms with Crippen molar-refractivity contribution in [2.45, 2.75) is 20.0 Å². The summed E-state index contributed by atoms with van der Waals surface area (Å²) in [6.07, 6.45) is 1.69. The van der Waals surface area contributed by atoms with Crippen molar-refractivity contribution in [3.63, 3.8) is 0 Å². The Kier molecular flexibility index (Phi) is 2.60. The molecule has 0 fully saturated rings. The van der Waals surface area contributed by atoms with Crippen LogP contribution < -0.4 is 5.32 Å². The monoisotopic (exact) mass is 283 g/mol. The Balaban J connectivity index is 1.65. The highest BCUT2D eigenvalue weighted by Gasteiger charge is 2.22. The van der Waals surface area contributed by atoms with Crippen LogP contribution in [0.2, 0.25) is 0 Å². The molecule has 0 radical (unpaired) electrons. The van der Waals surface area contributed by atoms with E-state index in [-0.39, 0.29) is 0 Å². The van der Waals surface area contributed by atoms with Gasteiger partial charge in [0.1, 0.15) is 16.4 Å². The van der Waals surface area contributed by atoms with Crippen molar-refractivity contribution in [3.8, 4) is 0 Å². The maximum Gasteiger partial charge on any atom is 0.139 e. The van der Waals surface area contributed by atoms with Gasteiger partial charge < -0.3 is 9.73 Å². The summed E-state index contributed by atoms with van der Waals surface area (Å²) in [6.45, 7) is 3.42. The molecule has 0 unspecified atom stereocenters. The molecule has 3 aromatic rings. The first-order valence-electron chi connectivity index (χ1n) is 6.51. The van der Waals surface area contributed by atoms with Crippen molar-refractivity contribution in [2.24, 2.45) is 4.99 Å². The predicted molar refractivity (Wildman–Crippen MR) is 80.1 cm³/mol. The van der Waals surface area contributed by atoms with Crippen LogP contribution in [0.25, 0.3) is 10.2 Å². The summed E-state index contributed by atoms with van der Waals surface area (Å²) < 4.78 is 5.33. The number of hydrogen-bond acceptors (Lipinski definition) is 5. The zero-order valence-electron chi connectivity index (χ0n) is 11.0. The van der Waals surface area contributed by atoms with Gasteiger partial charge in [0, 0.05) is 16.6 Å². The van der Waals surface area contributed by atoms with Crippen LogP contribution in [0.5, 0.6) is 0 Å². The van der Waals surface area contributed by atoms with Gasteiger partial charge in [-0.15, -0.1) is 11.3 Å². The molecular weight excluding hydrogens is 270 g/mol. The molecule has 1 aliphatic heterocycles. The van der Waals surface area contributed by atoms with Crippen LogP contribution in [-0.2, 0) is 13.1 Å². The lowest BCUT2D eigenvalue weighted by molar-refractivity contribution is 0.503. The van der Waals surface area contributed by atoms with E-state index in [1.807, 2.05) is 19.1 Å². The average Bonchev–Trinajstić information content (AvgIpc) is 3.12. The Morgan fingerprint density at radius 3 is 3.15 bits per heavy atom. The molecule has 20 heavy (non-hydrogen) atoms. The summed E-state index contributed by atoms with van der Waals surface area (Å²) >= 11 is 1.71. The molecule has 4 nitrogen and oxygen atoms in total. The first kappa shape index (κ1) is 11.7. The molecule has 1 aliphatic rings. The highest BCUT2D eigenvalue weighted by molar-refractivity contribution is 7.20. The highest BCUT2D eigenvalue weighted by Crippen LogP contribution is 2.34. The highest BCUT2D eigenvalue weighted by atomic mass is 32.1. The molecule has 0 aromatic carbocycles. The molecule has 1 N–H and O–H groups in total. The van der Waals surface area contributed by atoms with E-state index in [2.05, 4.69) is 27.4 Å². The number of rotatable bonds is 2. The SMILES string of the molecule is Cc1ccc2c3c(sc2n1)C(NCc1ccco1)=NC3. The van der Waals surface area contributed by atoms with Crippen molar-refractivity contribution >= 4 is 27.4 Å². The zero-order valence-corrected chi connectivity index (χ0v) is 11.8. The minimum Gasteiger partial charge on any atom is -0.467 e. The van der Waals surface area contributed by atoms with Crippen LogP contribution in [0.4, 0.5) is 0 Å². The number of pyridine rings is 1. The summed E-state index contributed by atoms with van der Waals surface area (Å²) in [5.41, 5.74) is 2.35. The standard InChI is InChI=1S/C15H13N3OS/c1-9-4-5-11-12-8-17-14(13(12)20-15(11)18-9)16-7-10-3-2-6-19-10/h2-6H,7-8H2,1H3,(H,16,17). The molecule has 0 spiro atoms. The predicted octanol–water partition coefficient (Wildman–Crippen LogP) is 3.25. The van der Waals surface area contributed by atoms with Crippen molar-refractivity contribution in [1.29, 1.82) is 0 Å². The fourth-order valence-electron chi connectivity index (χ4n) is 2.42. The van der Waals surface area contributed by atoms with Crippen LogP contribution in [0.15, 0.2) is 39.9 Å². The topological polar surface area (TPSA) is 50.4 Å². The van der Waals surface area contributed by atoms with E-state index in [9.17, 15) is 0 Å². The van der Waals surface area contributed by atoms with E-state index in [0.29, 0.717) is 6.54 Å². The van der Waals surface area contributed by atoms with Gasteiger partial charge in [0.25, 0.3) is 0 Å². The molecular formula is C15H13N3OS. The van der Waals surface area contributed by atoms with Crippen LogP contribution in [0, 0.1) is 6.92 Å². The van der Waals surface area contributed by atoms with Crippen LogP contribution in [0.3, 0.4) is 0 Å². The van der Waals surface area contributed by atoms with Gasteiger partial charge in [-0.25, -0.2) is 4.98 Å². The van der Waals surface area contributed by atoms with Gasteiger partial charge in [-0.2, -0.15) is 0 Å². The van der Waals surface area contributed by atoms with Gasteiger partial charge in [-0.05, 0) is 31.2 Å². The second kappa shape index (κ2) is 4.45. The third-order valence-electron chi connectivity index (χ3n) is 3.42. The van der Waals surface area contributed by atoms with Gasteiger partial charge in [-0.3, -0.25) is 4.99 Å². The van der Waals surface area contributed by atoms with Crippen molar-refractivity contribution in [2.75, 3.05) is 0 Å². The van der Waals surface area contributed by atoms with E-state index in [0.717, 1.165) is 28.7 Å². The Labute approximate surface area is 120 Å². The molecule has 0 amide bonds. The molecule has 0 saturated carbocycles. The van der Waals surface area contributed by atoms with E-state index in [4.69, 9.17) is 4.42 Å². The molecule has 4 rings (SSSR count). The summed E-state index contributed by atoms with van der Waals surface area (Å²) in [5, 5.41) is 4.59. The number of amidine groups is 1. The Bertz CT molecular complexity index is 802. The number of aryl methyl sites for hydroxylation is 1. The smallest absolute Gasteiger partial charge is 0.139 e. The molecule has 0 bridgehead atoms. The number of nitrogens with zero attached hydrogens (tertiary/aromatic N) is 2. The molecule has 5 heteroatoms. The number of aromatic nitrogens is 1. The normalized spacial score (nSPS) is 13.6.